The number of phenolic OH excluding ortho intramolecular Hbond substituents is 1. The zero-order valence-electron chi connectivity index (χ0n) is 14.6. The second-order valence-electron chi connectivity index (χ2n) is 6.92. The van der Waals surface area contributed by atoms with E-state index in [-0.39, 0.29) is 17.7 Å². The number of para-hydroxylation sites is 1. The molecule has 0 spiro atoms. The fourth-order valence-corrected chi connectivity index (χ4v) is 3.12. The van der Waals surface area contributed by atoms with Crippen LogP contribution in [0.3, 0.4) is 0 Å². The maximum absolute atomic E-state index is 12.3. The first-order chi connectivity index (χ1) is 11.4. The second-order valence-corrected chi connectivity index (χ2v) is 6.92. The SMILES string of the molecule is CC(C)c1cc(/C=C2/C(=O)Nc3ccccc32)cc(C(C)C)c1O. The Morgan fingerprint density at radius 1 is 1.00 bits per heavy atom. The highest BCUT2D eigenvalue weighted by Crippen LogP contribution is 2.37. The molecule has 0 fully saturated rings. The zero-order chi connectivity index (χ0) is 17.4. The monoisotopic (exact) mass is 321 g/mol. The highest BCUT2D eigenvalue weighted by molar-refractivity contribution is 6.34. The van der Waals surface area contributed by atoms with Crippen LogP contribution in [0.5, 0.6) is 5.75 Å². The van der Waals surface area contributed by atoms with Gasteiger partial charge in [0.2, 0.25) is 0 Å². The molecule has 0 radical (unpaired) electrons. The van der Waals surface area contributed by atoms with Crippen LogP contribution in [0.4, 0.5) is 5.69 Å². The minimum Gasteiger partial charge on any atom is -0.507 e. The number of nitrogens with one attached hydrogen (secondary N) is 1. The Bertz CT molecular complexity index is 802. The lowest BCUT2D eigenvalue weighted by Crippen LogP contribution is -2.04. The number of carbonyl (C=O) groups is 1. The summed E-state index contributed by atoms with van der Waals surface area (Å²) in [6.07, 6.45) is 1.92. The number of hydrogen-bond donors (Lipinski definition) is 2. The number of aromatic hydroxyl groups is 1. The molecule has 0 aliphatic carbocycles. The first-order valence-corrected chi connectivity index (χ1v) is 8.37. The summed E-state index contributed by atoms with van der Waals surface area (Å²) in [5.74, 6) is 0.718. The second kappa shape index (κ2) is 6.16. The fraction of sp³-hybridized carbons (Fsp3) is 0.286. The summed E-state index contributed by atoms with van der Waals surface area (Å²) in [6.45, 7) is 8.25. The van der Waals surface area contributed by atoms with Gasteiger partial charge < -0.3 is 10.4 Å². The molecule has 3 heteroatoms. The van der Waals surface area contributed by atoms with Gasteiger partial charge in [-0.3, -0.25) is 4.79 Å². The van der Waals surface area contributed by atoms with E-state index in [4.69, 9.17) is 0 Å². The molecular weight excluding hydrogens is 298 g/mol. The van der Waals surface area contributed by atoms with Crippen molar-refractivity contribution in [1.29, 1.82) is 0 Å². The zero-order valence-corrected chi connectivity index (χ0v) is 14.6. The van der Waals surface area contributed by atoms with Crippen molar-refractivity contribution in [1.82, 2.24) is 0 Å². The standard InChI is InChI=1S/C21H23NO2/c1-12(2)16-9-14(10-17(13(3)4)20(16)23)11-18-15-7-5-6-8-19(15)22-21(18)24/h5-13,23H,1-4H3,(H,22,24)/b18-11+. The molecule has 0 bridgehead atoms. The Morgan fingerprint density at radius 2 is 1.58 bits per heavy atom. The van der Waals surface area contributed by atoms with E-state index >= 15 is 0 Å². The molecule has 2 aromatic carbocycles. The van der Waals surface area contributed by atoms with Crippen LogP contribution in [0.25, 0.3) is 11.6 Å². The lowest BCUT2D eigenvalue weighted by Gasteiger charge is -2.16. The van der Waals surface area contributed by atoms with Gasteiger partial charge in [-0.05, 0) is 52.8 Å². The Labute approximate surface area is 143 Å². The van der Waals surface area contributed by atoms with Crippen LogP contribution in [0.2, 0.25) is 0 Å². The summed E-state index contributed by atoms with van der Waals surface area (Å²) < 4.78 is 0. The normalized spacial score (nSPS) is 15.2. The summed E-state index contributed by atoms with van der Waals surface area (Å²) in [6, 6.07) is 11.7. The average molecular weight is 321 g/mol. The minimum atomic E-state index is -0.0820. The maximum atomic E-state index is 12.3. The number of carbonyl (C=O) groups excluding carboxylic acids is 1. The highest BCUT2D eigenvalue weighted by atomic mass is 16.3. The molecule has 0 saturated heterocycles. The number of phenols is 1. The third-order valence-electron chi connectivity index (χ3n) is 4.46. The lowest BCUT2D eigenvalue weighted by atomic mass is 9.90. The Kier molecular flexibility index (Phi) is 4.18. The predicted octanol–water partition coefficient (Wildman–Crippen LogP) is 5.13. The molecule has 1 amide bonds. The number of amides is 1. The number of rotatable bonds is 3. The van der Waals surface area contributed by atoms with Gasteiger partial charge in [0.15, 0.2) is 0 Å². The summed E-state index contributed by atoms with van der Waals surface area (Å²) in [7, 11) is 0. The van der Waals surface area contributed by atoms with Crippen LogP contribution in [0, 0.1) is 0 Å². The number of hydrogen-bond acceptors (Lipinski definition) is 2. The van der Waals surface area contributed by atoms with Gasteiger partial charge in [0, 0.05) is 16.8 Å². The van der Waals surface area contributed by atoms with Gasteiger partial charge >= 0.3 is 0 Å². The minimum absolute atomic E-state index is 0.0820. The predicted molar refractivity (Wildman–Crippen MR) is 99.2 cm³/mol. The molecule has 0 atom stereocenters. The van der Waals surface area contributed by atoms with Gasteiger partial charge in [0.1, 0.15) is 5.75 Å². The van der Waals surface area contributed by atoms with E-state index in [1.165, 1.54) is 0 Å². The van der Waals surface area contributed by atoms with Gasteiger partial charge in [-0.2, -0.15) is 0 Å². The van der Waals surface area contributed by atoms with Crippen LogP contribution in [0.1, 0.15) is 61.8 Å². The van der Waals surface area contributed by atoms with Crippen molar-refractivity contribution in [3.63, 3.8) is 0 Å². The van der Waals surface area contributed by atoms with Crippen molar-refractivity contribution in [2.45, 2.75) is 39.5 Å². The molecule has 3 rings (SSSR count). The molecule has 2 aromatic rings. The number of anilines is 1. The van der Waals surface area contributed by atoms with Crippen LogP contribution in [-0.4, -0.2) is 11.0 Å². The molecular formula is C21H23NO2. The molecule has 24 heavy (non-hydrogen) atoms. The van der Waals surface area contributed by atoms with Crippen LogP contribution in [0.15, 0.2) is 36.4 Å². The largest absolute Gasteiger partial charge is 0.507 e. The number of fused-ring (bicyclic) bond motifs is 1. The summed E-state index contributed by atoms with van der Waals surface area (Å²) >= 11 is 0. The van der Waals surface area contributed by atoms with E-state index in [1.54, 1.807) is 0 Å². The Balaban J connectivity index is 2.15. The molecule has 0 saturated carbocycles. The third kappa shape index (κ3) is 2.82. The fourth-order valence-electron chi connectivity index (χ4n) is 3.12. The van der Waals surface area contributed by atoms with Crippen molar-refractivity contribution < 1.29 is 9.90 Å². The van der Waals surface area contributed by atoms with Crippen molar-refractivity contribution >= 4 is 23.2 Å². The van der Waals surface area contributed by atoms with Gasteiger partial charge in [0.25, 0.3) is 5.91 Å². The summed E-state index contributed by atoms with van der Waals surface area (Å²) in [4.78, 5) is 12.3. The highest BCUT2D eigenvalue weighted by Gasteiger charge is 2.24. The van der Waals surface area contributed by atoms with Crippen molar-refractivity contribution in [2.75, 3.05) is 5.32 Å². The molecule has 2 N–H and O–H groups in total. The first-order valence-electron chi connectivity index (χ1n) is 8.37. The van der Waals surface area contributed by atoms with E-state index in [9.17, 15) is 9.90 Å². The molecule has 0 aromatic heterocycles. The van der Waals surface area contributed by atoms with E-state index in [1.807, 2.05) is 42.5 Å². The van der Waals surface area contributed by atoms with E-state index in [0.717, 1.165) is 27.9 Å². The quantitative estimate of drug-likeness (QED) is 0.770. The lowest BCUT2D eigenvalue weighted by molar-refractivity contribution is -0.110. The number of benzene rings is 2. The maximum Gasteiger partial charge on any atom is 0.256 e. The first kappa shape index (κ1) is 16.3. The summed E-state index contributed by atoms with van der Waals surface area (Å²) in [5, 5.41) is 13.4. The van der Waals surface area contributed by atoms with Gasteiger partial charge in [-0.25, -0.2) is 0 Å². The third-order valence-corrected chi connectivity index (χ3v) is 4.46. The van der Waals surface area contributed by atoms with E-state index in [0.29, 0.717) is 11.3 Å². The Hall–Kier alpha value is -2.55. The van der Waals surface area contributed by atoms with Crippen LogP contribution in [-0.2, 0) is 4.79 Å². The molecule has 1 heterocycles. The van der Waals surface area contributed by atoms with E-state index < -0.39 is 0 Å². The molecule has 1 aliphatic rings. The van der Waals surface area contributed by atoms with Crippen LogP contribution < -0.4 is 5.32 Å². The smallest absolute Gasteiger partial charge is 0.256 e. The molecule has 124 valence electrons. The molecule has 1 aliphatic heterocycles. The van der Waals surface area contributed by atoms with Crippen molar-refractivity contribution in [2.24, 2.45) is 0 Å². The van der Waals surface area contributed by atoms with E-state index in [2.05, 4.69) is 33.0 Å². The van der Waals surface area contributed by atoms with Crippen molar-refractivity contribution in [3.05, 3.63) is 58.7 Å². The van der Waals surface area contributed by atoms with Crippen molar-refractivity contribution in [3.8, 4) is 5.75 Å². The molecule has 0 unspecified atom stereocenters. The topological polar surface area (TPSA) is 49.3 Å². The Morgan fingerprint density at radius 3 is 2.17 bits per heavy atom. The van der Waals surface area contributed by atoms with Gasteiger partial charge in [0.05, 0.1) is 0 Å². The summed E-state index contributed by atoms with van der Waals surface area (Å²) in [5.41, 5.74) is 5.22. The van der Waals surface area contributed by atoms with Gasteiger partial charge in [-0.1, -0.05) is 45.9 Å². The van der Waals surface area contributed by atoms with Crippen LogP contribution >= 0.6 is 0 Å². The molecule has 3 nitrogen and oxygen atoms in total. The average Bonchev–Trinajstić information content (AvgIpc) is 2.84. The van der Waals surface area contributed by atoms with Gasteiger partial charge in [-0.15, -0.1) is 0 Å².